The molecule has 2 unspecified atom stereocenters. The number of ether oxygens (including phenoxy) is 2. The normalized spacial score (nSPS) is 14.7. The molecule has 2 rings (SSSR count). The van der Waals surface area contributed by atoms with E-state index in [0.29, 0.717) is 8.58 Å². The van der Waals surface area contributed by atoms with E-state index >= 15 is 0 Å². The fraction of sp³-hybridized carbons (Fsp3) is 0.586. The quantitative estimate of drug-likeness (QED) is 0.120. The molecule has 5 heteroatoms. The van der Waals surface area contributed by atoms with E-state index in [1.54, 1.807) is 7.11 Å². The van der Waals surface area contributed by atoms with Crippen molar-refractivity contribution in [3.63, 3.8) is 0 Å². The summed E-state index contributed by atoms with van der Waals surface area (Å²) >= 11 is 2.38. The first-order valence-electron chi connectivity index (χ1n) is 12.3. The van der Waals surface area contributed by atoms with Gasteiger partial charge in [0.05, 0.1) is 0 Å². The van der Waals surface area contributed by atoms with E-state index in [9.17, 15) is 0 Å². The van der Waals surface area contributed by atoms with Gasteiger partial charge in [-0.1, -0.05) is 107 Å². The van der Waals surface area contributed by atoms with Crippen LogP contribution in [0.2, 0.25) is 0 Å². The van der Waals surface area contributed by atoms with Gasteiger partial charge in [-0.25, -0.2) is 3.11 Å². The second-order valence-electron chi connectivity index (χ2n) is 11.6. The first kappa shape index (κ1) is 29.5. The van der Waals surface area contributed by atoms with E-state index in [0.717, 1.165) is 25.1 Å². The number of benzene rings is 2. The lowest BCUT2D eigenvalue weighted by atomic mass is 9.77. The molecule has 0 aromatic heterocycles. The molecule has 0 aliphatic heterocycles. The van der Waals surface area contributed by atoms with Gasteiger partial charge in [0.1, 0.15) is 5.75 Å². The zero-order valence-electron chi connectivity index (χ0n) is 22.9. The highest BCUT2D eigenvalue weighted by molar-refractivity contribution is 14.1. The molecule has 34 heavy (non-hydrogen) atoms. The highest BCUT2D eigenvalue weighted by Crippen LogP contribution is 2.52. The topological polar surface area (TPSA) is 21.7 Å². The van der Waals surface area contributed by atoms with Crippen molar-refractivity contribution < 1.29 is 9.47 Å². The molecule has 0 aliphatic rings. The standard InChI is InChI=1S/C29H45INO2P/c1-11-16-29(8,34-25-15-13-12-14-21(25)19-31(9)30)24-18-22(27(2,3)4)17-23(28(5,6)7)26(24)33-20-32-10/h12-15,17-18,34H,11,16,19-20H2,1-10H3. The molecular weight excluding hydrogens is 552 g/mol. The second kappa shape index (κ2) is 12.0. The fourth-order valence-electron chi connectivity index (χ4n) is 4.38. The lowest BCUT2D eigenvalue weighted by Gasteiger charge is -2.37. The van der Waals surface area contributed by atoms with Crippen molar-refractivity contribution in [2.24, 2.45) is 0 Å². The minimum absolute atomic E-state index is 0.0426. The van der Waals surface area contributed by atoms with Gasteiger partial charge >= 0.3 is 0 Å². The second-order valence-corrected chi connectivity index (χ2v) is 15.1. The van der Waals surface area contributed by atoms with Crippen LogP contribution in [0.3, 0.4) is 0 Å². The fourth-order valence-corrected chi connectivity index (χ4v) is 6.54. The summed E-state index contributed by atoms with van der Waals surface area (Å²) in [6, 6.07) is 13.7. The Kier molecular flexibility index (Phi) is 10.5. The van der Waals surface area contributed by atoms with Crippen LogP contribution in [0, 0.1) is 0 Å². The van der Waals surface area contributed by atoms with E-state index in [-0.39, 0.29) is 22.8 Å². The smallest absolute Gasteiger partial charge is 0.188 e. The Morgan fingerprint density at radius 2 is 1.56 bits per heavy atom. The van der Waals surface area contributed by atoms with Crippen molar-refractivity contribution in [1.29, 1.82) is 0 Å². The Morgan fingerprint density at radius 1 is 0.941 bits per heavy atom. The number of hydrogen-bond acceptors (Lipinski definition) is 3. The molecule has 2 aromatic rings. The van der Waals surface area contributed by atoms with Gasteiger partial charge in [0.25, 0.3) is 0 Å². The highest BCUT2D eigenvalue weighted by Gasteiger charge is 2.35. The van der Waals surface area contributed by atoms with Crippen molar-refractivity contribution in [2.45, 2.75) is 90.8 Å². The number of methoxy groups -OCH3 is 1. The SMILES string of the molecule is CCCC(C)(Pc1ccccc1CN(C)I)c1cc(C(C)(C)C)cc(C(C)(C)C)c1OCOC. The maximum atomic E-state index is 6.41. The maximum Gasteiger partial charge on any atom is 0.188 e. The van der Waals surface area contributed by atoms with Gasteiger partial charge in [0.15, 0.2) is 6.79 Å². The van der Waals surface area contributed by atoms with Crippen LogP contribution in [-0.2, 0) is 27.3 Å². The summed E-state index contributed by atoms with van der Waals surface area (Å²) in [6.45, 7) is 19.7. The number of halogens is 1. The van der Waals surface area contributed by atoms with Crippen LogP contribution in [0.25, 0.3) is 0 Å². The van der Waals surface area contributed by atoms with Gasteiger partial charge in [-0.05, 0) is 40.7 Å². The Hall–Kier alpha value is -0.680. The van der Waals surface area contributed by atoms with Crippen molar-refractivity contribution in [1.82, 2.24) is 3.11 Å². The van der Waals surface area contributed by atoms with Gasteiger partial charge in [-0.2, -0.15) is 0 Å². The lowest BCUT2D eigenvalue weighted by molar-refractivity contribution is 0.0486. The van der Waals surface area contributed by atoms with Gasteiger partial charge in [-0.15, -0.1) is 0 Å². The van der Waals surface area contributed by atoms with Crippen molar-refractivity contribution >= 4 is 36.7 Å². The summed E-state index contributed by atoms with van der Waals surface area (Å²) in [5, 5.41) is 1.40. The molecule has 0 bridgehead atoms. The van der Waals surface area contributed by atoms with Gasteiger partial charge in [0, 0.05) is 52.8 Å². The molecule has 0 heterocycles. The minimum Gasteiger partial charge on any atom is -0.467 e. The van der Waals surface area contributed by atoms with E-state index in [1.165, 1.54) is 27.6 Å². The van der Waals surface area contributed by atoms with Crippen molar-refractivity contribution in [3.8, 4) is 5.75 Å². The summed E-state index contributed by atoms with van der Waals surface area (Å²) in [4.78, 5) is 0. The molecular formula is C29H45INO2P. The molecule has 2 aromatic carbocycles. The van der Waals surface area contributed by atoms with Crippen LogP contribution < -0.4 is 10.0 Å². The molecule has 0 saturated carbocycles. The molecule has 2 atom stereocenters. The molecule has 190 valence electrons. The monoisotopic (exact) mass is 597 g/mol. The first-order chi connectivity index (χ1) is 15.7. The number of rotatable bonds is 10. The van der Waals surface area contributed by atoms with E-state index in [4.69, 9.17) is 9.47 Å². The Balaban J connectivity index is 2.81. The first-order valence-corrected chi connectivity index (χ1v) is 14.2. The summed E-state index contributed by atoms with van der Waals surface area (Å²) in [5.41, 5.74) is 5.36. The van der Waals surface area contributed by atoms with E-state index in [1.807, 2.05) is 0 Å². The molecule has 0 N–H and O–H groups in total. The predicted octanol–water partition coefficient (Wildman–Crippen LogP) is 8.07. The molecule has 0 spiro atoms. The molecule has 0 amide bonds. The van der Waals surface area contributed by atoms with E-state index in [2.05, 4.69) is 125 Å². The minimum atomic E-state index is -0.0445. The van der Waals surface area contributed by atoms with Crippen LogP contribution >= 0.6 is 31.4 Å². The van der Waals surface area contributed by atoms with Gasteiger partial charge < -0.3 is 9.47 Å². The highest BCUT2D eigenvalue weighted by atomic mass is 127. The molecule has 3 nitrogen and oxygen atoms in total. The summed E-state index contributed by atoms with van der Waals surface area (Å²) < 4.78 is 14.0. The number of nitrogens with zero attached hydrogens (tertiary/aromatic N) is 1. The average molecular weight is 598 g/mol. The van der Waals surface area contributed by atoms with Gasteiger partial charge in [0.2, 0.25) is 0 Å². The summed E-state index contributed by atoms with van der Waals surface area (Å²) in [7, 11) is 4.47. The van der Waals surface area contributed by atoms with Crippen LogP contribution in [0.15, 0.2) is 36.4 Å². The summed E-state index contributed by atoms with van der Waals surface area (Å²) in [6.07, 6.45) is 2.21. The lowest BCUT2D eigenvalue weighted by Crippen LogP contribution is -2.26. The molecule has 0 radical (unpaired) electrons. The van der Waals surface area contributed by atoms with Crippen molar-refractivity contribution in [2.75, 3.05) is 21.0 Å². The van der Waals surface area contributed by atoms with E-state index < -0.39 is 0 Å². The van der Waals surface area contributed by atoms with Crippen LogP contribution in [0.1, 0.15) is 90.5 Å². The van der Waals surface area contributed by atoms with Crippen LogP contribution in [0.4, 0.5) is 0 Å². The zero-order valence-corrected chi connectivity index (χ0v) is 26.1. The largest absolute Gasteiger partial charge is 0.467 e. The molecule has 0 aliphatic carbocycles. The van der Waals surface area contributed by atoms with Crippen molar-refractivity contribution in [3.05, 3.63) is 58.7 Å². The number of hydrogen-bond donors (Lipinski definition) is 0. The molecule has 0 fully saturated rings. The maximum absolute atomic E-state index is 6.41. The van der Waals surface area contributed by atoms with Crippen LogP contribution in [0.5, 0.6) is 5.75 Å². The van der Waals surface area contributed by atoms with Gasteiger partial charge in [-0.3, -0.25) is 0 Å². The predicted molar refractivity (Wildman–Crippen MR) is 158 cm³/mol. The zero-order chi connectivity index (χ0) is 25.7. The third-order valence-electron chi connectivity index (χ3n) is 6.24. The van der Waals surface area contributed by atoms with Crippen LogP contribution in [-0.4, -0.2) is 24.1 Å². The third kappa shape index (κ3) is 7.66. The molecule has 0 saturated heterocycles. The Labute approximate surface area is 224 Å². The Morgan fingerprint density at radius 3 is 2.09 bits per heavy atom. The third-order valence-corrected chi connectivity index (χ3v) is 8.41. The summed E-state index contributed by atoms with van der Waals surface area (Å²) in [5.74, 6) is 1.01. The average Bonchev–Trinajstić information content (AvgIpc) is 2.71. The Bertz CT molecular complexity index is 946.